The van der Waals surface area contributed by atoms with Gasteiger partial charge in [-0.1, -0.05) is 0 Å². The smallest absolute Gasteiger partial charge is 0.349 e. The van der Waals surface area contributed by atoms with E-state index in [1.807, 2.05) is 0 Å². The average molecular weight is 399 g/mol. The lowest BCUT2D eigenvalue weighted by molar-refractivity contribution is -0.140. The van der Waals surface area contributed by atoms with Crippen molar-refractivity contribution in [2.24, 2.45) is 0 Å². The number of carbonyl (C=O) groups excluding carboxylic acids is 2. The standard InChI is InChI=1S/C17H18FNO5S2/c1-10(16(20)19(2)13-5-6-26(22,23)9-13)24-17(21)15-8-11-7-12(18)3-4-14(11)25-15/h3-4,7-8,10,13H,5-6,9H2,1-2H3/t10-,13+/m0/s1. The van der Waals surface area contributed by atoms with Crippen LogP contribution in [-0.4, -0.2) is 55.9 Å². The Morgan fingerprint density at radius 1 is 1.35 bits per heavy atom. The number of likely N-dealkylation sites (N-methyl/N-ethyl adjacent to an activating group) is 1. The van der Waals surface area contributed by atoms with Crippen LogP contribution in [0.3, 0.4) is 0 Å². The molecule has 2 aromatic rings. The van der Waals surface area contributed by atoms with Crippen molar-refractivity contribution in [2.75, 3.05) is 18.6 Å². The number of esters is 1. The number of halogens is 1. The highest BCUT2D eigenvalue weighted by atomic mass is 32.2. The van der Waals surface area contributed by atoms with E-state index in [9.17, 15) is 22.4 Å². The van der Waals surface area contributed by atoms with E-state index in [2.05, 4.69) is 0 Å². The zero-order valence-corrected chi connectivity index (χ0v) is 15.9. The molecule has 6 nitrogen and oxygen atoms in total. The highest BCUT2D eigenvalue weighted by Gasteiger charge is 2.35. The van der Waals surface area contributed by atoms with E-state index >= 15 is 0 Å². The number of amides is 1. The summed E-state index contributed by atoms with van der Waals surface area (Å²) in [7, 11) is -1.60. The summed E-state index contributed by atoms with van der Waals surface area (Å²) in [5, 5.41) is 0.592. The summed E-state index contributed by atoms with van der Waals surface area (Å²) in [6, 6.07) is 5.34. The Morgan fingerprint density at radius 2 is 2.08 bits per heavy atom. The maximum atomic E-state index is 13.2. The number of fused-ring (bicyclic) bond motifs is 1. The molecule has 3 rings (SSSR count). The van der Waals surface area contributed by atoms with E-state index in [0.29, 0.717) is 11.8 Å². The summed E-state index contributed by atoms with van der Waals surface area (Å²) in [6.07, 6.45) is -0.662. The molecule has 0 saturated carbocycles. The second-order valence-corrected chi connectivity index (χ2v) is 9.66. The maximum Gasteiger partial charge on any atom is 0.349 e. The van der Waals surface area contributed by atoms with Crippen LogP contribution < -0.4 is 0 Å². The first-order valence-electron chi connectivity index (χ1n) is 8.03. The van der Waals surface area contributed by atoms with E-state index in [1.54, 1.807) is 6.07 Å². The predicted octanol–water partition coefficient (Wildman–Crippen LogP) is 2.23. The molecule has 1 fully saturated rings. The number of ether oxygens (including phenoxy) is 1. The predicted molar refractivity (Wildman–Crippen MR) is 96.5 cm³/mol. The molecular formula is C17H18FNO5S2. The molecule has 1 aliphatic heterocycles. The van der Waals surface area contributed by atoms with Crippen LogP contribution in [-0.2, 0) is 19.4 Å². The van der Waals surface area contributed by atoms with Gasteiger partial charge >= 0.3 is 5.97 Å². The van der Waals surface area contributed by atoms with Crippen molar-refractivity contribution < 1.29 is 27.1 Å². The third-order valence-corrected chi connectivity index (χ3v) is 7.26. The lowest BCUT2D eigenvalue weighted by Crippen LogP contribution is -2.44. The number of benzene rings is 1. The van der Waals surface area contributed by atoms with Crippen LogP contribution in [0.1, 0.15) is 23.0 Å². The first kappa shape index (κ1) is 18.8. The number of nitrogens with zero attached hydrogens (tertiary/aromatic N) is 1. The Labute approximate surface area is 154 Å². The van der Waals surface area contributed by atoms with Gasteiger partial charge in [0.05, 0.1) is 11.5 Å². The van der Waals surface area contributed by atoms with Crippen LogP contribution in [0.5, 0.6) is 0 Å². The number of hydrogen-bond donors (Lipinski definition) is 0. The summed E-state index contributed by atoms with van der Waals surface area (Å²) in [5.41, 5.74) is 0. The summed E-state index contributed by atoms with van der Waals surface area (Å²) < 4.78 is 42.3. The third kappa shape index (κ3) is 3.88. The fourth-order valence-corrected chi connectivity index (χ4v) is 5.63. The van der Waals surface area contributed by atoms with Gasteiger partial charge in [-0.2, -0.15) is 0 Å². The molecule has 2 heterocycles. The lowest BCUT2D eigenvalue weighted by atomic mass is 10.2. The van der Waals surface area contributed by atoms with E-state index in [1.165, 1.54) is 37.1 Å². The van der Waals surface area contributed by atoms with Crippen LogP contribution >= 0.6 is 11.3 Å². The van der Waals surface area contributed by atoms with E-state index in [4.69, 9.17) is 4.74 Å². The molecule has 140 valence electrons. The van der Waals surface area contributed by atoms with Gasteiger partial charge in [0.1, 0.15) is 10.7 Å². The second-order valence-electron chi connectivity index (χ2n) is 6.35. The number of hydrogen-bond acceptors (Lipinski definition) is 6. The van der Waals surface area contributed by atoms with Crippen molar-refractivity contribution in [2.45, 2.75) is 25.5 Å². The monoisotopic (exact) mass is 399 g/mol. The van der Waals surface area contributed by atoms with Gasteiger partial charge in [0, 0.05) is 17.8 Å². The molecule has 26 heavy (non-hydrogen) atoms. The van der Waals surface area contributed by atoms with E-state index in [-0.39, 0.29) is 16.4 Å². The molecule has 0 bridgehead atoms. The van der Waals surface area contributed by atoms with Gasteiger partial charge in [0.25, 0.3) is 5.91 Å². The highest BCUT2D eigenvalue weighted by Crippen LogP contribution is 2.27. The van der Waals surface area contributed by atoms with Gasteiger partial charge in [-0.25, -0.2) is 17.6 Å². The number of thiophene rings is 1. The largest absolute Gasteiger partial charge is 0.448 e. The van der Waals surface area contributed by atoms with Gasteiger partial charge in [-0.15, -0.1) is 11.3 Å². The van der Waals surface area contributed by atoms with Crippen LogP contribution in [0.2, 0.25) is 0 Å². The molecule has 1 aliphatic rings. The van der Waals surface area contributed by atoms with Crippen molar-refractivity contribution in [3.05, 3.63) is 35.0 Å². The van der Waals surface area contributed by atoms with Crippen molar-refractivity contribution in [1.29, 1.82) is 0 Å². The Bertz CT molecular complexity index is 969. The van der Waals surface area contributed by atoms with E-state index < -0.39 is 39.7 Å². The maximum absolute atomic E-state index is 13.2. The zero-order valence-electron chi connectivity index (χ0n) is 14.3. The van der Waals surface area contributed by atoms with Crippen molar-refractivity contribution >= 4 is 43.1 Å². The lowest BCUT2D eigenvalue weighted by Gasteiger charge is -2.26. The van der Waals surface area contributed by atoms with Gasteiger partial charge in [-0.3, -0.25) is 4.79 Å². The summed E-state index contributed by atoms with van der Waals surface area (Å²) in [6.45, 7) is 1.45. The molecule has 1 saturated heterocycles. The molecule has 0 aliphatic carbocycles. The molecule has 2 atom stereocenters. The Kier molecular flexibility index (Phi) is 5.03. The fourth-order valence-electron chi connectivity index (χ4n) is 2.93. The van der Waals surface area contributed by atoms with Gasteiger partial charge in [0.2, 0.25) is 0 Å². The normalized spacial score (nSPS) is 20.0. The molecule has 0 spiro atoms. The molecule has 1 aromatic heterocycles. The van der Waals surface area contributed by atoms with Gasteiger partial charge in [0.15, 0.2) is 15.9 Å². The third-order valence-electron chi connectivity index (χ3n) is 4.41. The van der Waals surface area contributed by atoms with Crippen molar-refractivity contribution in [3.63, 3.8) is 0 Å². The topological polar surface area (TPSA) is 80.8 Å². The molecule has 0 unspecified atom stereocenters. The number of sulfone groups is 1. The summed E-state index contributed by atoms with van der Waals surface area (Å²) in [4.78, 5) is 26.3. The minimum absolute atomic E-state index is 0.0573. The Balaban J connectivity index is 1.66. The number of carbonyl (C=O) groups is 2. The molecule has 1 aromatic carbocycles. The summed E-state index contributed by atoms with van der Waals surface area (Å²) >= 11 is 1.16. The minimum atomic E-state index is -3.11. The average Bonchev–Trinajstić information content (AvgIpc) is 3.15. The minimum Gasteiger partial charge on any atom is -0.448 e. The van der Waals surface area contributed by atoms with Gasteiger partial charge in [-0.05, 0) is 43.0 Å². The van der Waals surface area contributed by atoms with Crippen LogP contribution in [0, 0.1) is 5.82 Å². The first-order chi connectivity index (χ1) is 12.2. The van der Waals surface area contributed by atoms with Gasteiger partial charge < -0.3 is 9.64 Å². The Hall–Kier alpha value is -2.00. The number of rotatable bonds is 4. The molecule has 9 heteroatoms. The quantitative estimate of drug-likeness (QED) is 0.737. The summed E-state index contributed by atoms with van der Waals surface area (Å²) in [5.74, 6) is -1.53. The van der Waals surface area contributed by atoms with Crippen LogP contribution in [0.15, 0.2) is 24.3 Å². The molecule has 1 amide bonds. The Morgan fingerprint density at radius 3 is 2.73 bits per heavy atom. The van der Waals surface area contributed by atoms with Crippen molar-refractivity contribution in [1.82, 2.24) is 4.90 Å². The molecule has 0 radical (unpaired) electrons. The fraction of sp³-hybridized carbons (Fsp3) is 0.412. The van der Waals surface area contributed by atoms with Crippen LogP contribution in [0.4, 0.5) is 4.39 Å². The molecular weight excluding hydrogens is 381 g/mol. The van der Waals surface area contributed by atoms with Crippen molar-refractivity contribution in [3.8, 4) is 0 Å². The second kappa shape index (κ2) is 6.96. The molecule has 0 N–H and O–H groups in total. The van der Waals surface area contributed by atoms with E-state index in [0.717, 1.165) is 16.0 Å². The first-order valence-corrected chi connectivity index (χ1v) is 10.7. The van der Waals surface area contributed by atoms with Crippen LogP contribution in [0.25, 0.3) is 10.1 Å². The highest BCUT2D eigenvalue weighted by molar-refractivity contribution is 7.91. The SMILES string of the molecule is C[C@H](OC(=O)c1cc2cc(F)ccc2s1)C(=O)N(C)[C@@H]1CCS(=O)(=O)C1. The zero-order chi connectivity index (χ0) is 19.1.